The Morgan fingerprint density at radius 3 is 2.23 bits per heavy atom. The standard InChI is InChI=1S/C25H25Cl3N2O/c1-15-3-8-19(9-4-15)29-25(31)22-14-24(21-12-7-18(27)13-23(21)28)30(16(22)2)20-10-5-17(26)6-11-20/h5-7,10-15,19H,3-4,8-9H2,1-2H3,(H,29,31). The molecule has 2 aromatic carbocycles. The monoisotopic (exact) mass is 474 g/mol. The number of carbonyl (C=O) groups excluding carboxylic acids is 1. The van der Waals surface area contributed by atoms with Crippen molar-refractivity contribution in [1.29, 1.82) is 0 Å². The Morgan fingerprint density at radius 1 is 0.935 bits per heavy atom. The van der Waals surface area contributed by atoms with E-state index in [4.69, 9.17) is 34.8 Å². The molecule has 1 heterocycles. The average molecular weight is 476 g/mol. The minimum absolute atomic E-state index is 0.0453. The van der Waals surface area contributed by atoms with Crippen LogP contribution in [0.2, 0.25) is 15.1 Å². The number of nitrogens with one attached hydrogen (secondary N) is 1. The van der Waals surface area contributed by atoms with Crippen molar-refractivity contribution in [3.8, 4) is 16.9 Å². The van der Waals surface area contributed by atoms with Crippen LogP contribution in [-0.2, 0) is 0 Å². The third-order valence-corrected chi connectivity index (χ3v) is 6.93. The van der Waals surface area contributed by atoms with E-state index in [1.54, 1.807) is 12.1 Å². The second-order valence-corrected chi connectivity index (χ2v) is 9.67. The molecule has 1 saturated carbocycles. The summed E-state index contributed by atoms with van der Waals surface area (Å²) in [5, 5.41) is 5.01. The Kier molecular flexibility index (Phi) is 6.66. The second kappa shape index (κ2) is 9.28. The zero-order valence-corrected chi connectivity index (χ0v) is 19.9. The van der Waals surface area contributed by atoms with Crippen molar-refractivity contribution in [3.05, 3.63) is 74.9 Å². The number of halogens is 3. The summed E-state index contributed by atoms with van der Waals surface area (Å²) in [6.07, 6.45) is 4.36. The smallest absolute Gasteiger partial charge is 0.253 e. The highest BCUT2D eigenvalue weighted by Crippen LogP contribution is 2.35. The van der Waals surface area contributed by atoms with E-state index in [-0.39, 0.29) is 11.9 Å². The van der Waals surface area contributed by atoms with Gasteiger partial charge in [0.05, 0.1) is 16.3 Å². The molecule has 4 rings (SSSR count). The number of amides is 1. The molecule has 1 fully saturated rings. The van der Waals surface area contributed by atoms with Gasteiger partial charge in [0, 0.05) is 33.0 Å². The van der Waals surface area contributed by atoms with E-state index in [2.05, 4.69) is 12.2 Å². The first-order valence-electron chi connectivity index (χ1n) is 10.6. The summed E-state index contributed by atoms with van der Waals surface area (Å²) in [6, 6.07) is 15.1. The number of rotatable bonds is 4. The third-order valence-electron chi connectivity index (χ3n) is 6.13. The summed E-state index contributed by atoms with van der Waals surface area (Å²) in [6.45, 7) is 4.23. The summed E-state index contributed by atoms with van der Waals surface area (Å²) >= 11 is 18.8. The highest BCUT2D eigenvalue weighted by atomic mass is 35.5. The van der Waals surface area contributed by atoms with Crippen LogP contribution in [0.3, 0.4) is 0 Å². The fourth-order valence-electron chi connectivity index (χ4n) is 4.32. The van der Waals surface area contributed by atoms with Crippen LogP contribution in [-0.4, -0.2) is 16.5 Å². The molecule has 0 spiro atoms. The molecule has 3 nitrogen and oxygen atoms in total. The van der Waals surface area contributed by atoms with Gasteiger partial charge in [0.25, 0.3) is 5.91 Å². The van der Waals surface area contributed by atoms with E-state index < -0.39 is 0 Å². The molecule has 0 saturated heterocycles. The van der Waals surface area contributed by atoms with Crippen LogP contribution in [0.5, 0.6) is 0 Å². The molecular weight excluding hydrogens is 451 g/mol. The number of nitrogens with zero attached hydrogens (tertiary/aromatic N) is 1. The molecule has 3 aromatic rings. The van der Waals surface area contributed by atoms with Crippen LogP contribution >= 0.6 is 34.8 Å². The minimum Gasteiger partial charge on any atom is -0.349 e. The van der Waals surface area contributed by atoms with E-state index in [1.807, 2.05) is 47.9 Å². The number of hydrogen-bond acceptors (Lipinski definition) is 1. The predicted octanol–water partition coefficient (Wildman–Crippen LogP) is 7.72. The summed E-state index contributed by atoms with van der Waals surface area (Å²) < 4.78 is 2.04. The molecule has 0 bridgehead atoms. The number of carbonyl (C=O) groups is 1. The molecular formula is C25H25Cl3N2O. The largest absolute Gasteiger partial charge is 0.349 e. The van der Waals surface area contributed by atoms with Gasteiger partial charge in [-0.05, 0) is 87.1 Å². The van der Waals surface area contributed by atoms with E-state index in [0.717, 1.165) is 54.2 Å². The van der Waals surface area contributed by atoms with E-state index in [1.165, 1.54) is 0 Å². The van der Waals surface area contributed by atoms with Crippen LogP contribution in [0.25, 0.3) is 16.9 Å². The van der Waals surface area contributed by atoms with Gasteiger partial charge in [-0.2, -0.15) is 0 Å². The van der Waals surface area contributed by atoms with Crippen molar-refractivity contribution < 1.29 is 4.79 Å². The van der Waals surface area contributed by atoms with Crippen molar-refractivity contribution in [3.63, 3.8) is 0 Å². The van der Waals surface area contributed by atoms with Gasteiger partial charge in [0.15, 0.2) is 0 Å². The summed E-state index contributed by atoms with van der Waals surface area (Å²) in [4.78, 5) is 13.2. The van der Waals surface area contributed by atoms with E-state index in [0.29, 0.717) is 20.6 Å². The van der Waals surface area contributed by atoms with Crippen LogP contribution < -0.4 is 5.32 Å². The Morgan fingerprint density at radius 2 is 1.58 bits per heavy atom. The van der Waals surface area contributed by atoms with Gasteiger partial charge < -0.3 is 9.88 Å². The highest BCUT2D eigenvalue weighted by molar-refractivity contribution is 6.36. The van der Waals surface area contributed by atoms with Crippen LogP contribution in [0.1, 0.15) is 48.7 Å². The van der Waals surface area contributed by atoms with Gasteiger partial charge in [-0.15, -0.1) is 0 Å². The lowest BCUT2D eigenvalue weighted by molar-refractivity contribution is 0.0922. The van der Waals surface area contributed by atoms with Crippen molar-refractivity contribution >= 4 is 40.7 Å². The molecule has 0 radical (unpaired) electrons. The van der Waals surface area contributed by atoms with Crippen molar-refractivity contribution in [1.82, 2.24) is 9.88 Å². The van der Waals surface area contributed by atoms with Crippen molar-refractivity contribution in [2.75, 3.05) is 0 Å². The number of benzene rings is 2. The van der Waals surface area contributed by atoms with Crippen molar-refractivity contribution in [2.45, 2.75) is 45.6 Å². The molecule has 1 amide bonds. The summed E-state index contributed by atoms with van der Waals surface area (Å²) in [5.74, 6) is 0.690. The predicted molar refractivity (Wildman–Crippen MR) is 130 cm³/mol. The Bertz CT molecular complexity index is 1100. The Hall–Kier alpha value is -1.94. The molecule has 1 aliphatic rings. The first kappa shape index (κ1) is 22.3. The van der Waals surface area contributed by atoms with Gasteiger partial charge in [-0.3, -0.25) is 4.79 Å². The van der Waals surface area contributed by atoms with E-state index >= 15 is 0 Å². The highest BCUT2D eigenvalue weighted by Gasteiger charge is 2.24. The first-order chi connectivity index (χ1) is 14.8. The topological polar surface area (TPSA) is 34.0 Å². The average Bonchev–Trinajstić information content (AvgIpc) is 3.07. The van der Waals surface area contributed by atoms with Gasteiger partial charge in [0.1, 0.15) is 0 Å². The number of hydrogen-bond donors (Lipinski definition) is 1. The Balaban J connectivity index is 1.76. The first-order valence-corrected chi connectivity index (χ1v) is 11.7. The zero-order chi connectivity index (χ0) is 22.1. The lowest BCUT2D eigenvalue weighted by Crippen LogP contribution is -2.37. The SMILES string of the molecule is Cc1c(C(=O)NC2CCC(C)CC2)cc(-c2ccc(Cl)cc2Cl)n1-c1ccc(Cl)cc1. The second-order valence-electron chi connectivity index (χ2n) is 8.39. The number of aromatic nitrogens is 1. The molecule has 1 aromatic heterocycles. The van der Waals surface area contributed by atoms with Gasteiger partial charge in [-0.25, -0.2) is 0 Å². The lowest BCUT2D eigenvalue weighted by atomic mass is 9.87. The maximum atomic E-state index is 13.2. The molecule has 162 valence electrons. The normalized spacial score (nSPS) is 18.7. The lowest BCUT2D eigenvalue weighted by Gasteiger charge is -2.26. The molecule has 6 heteroatoms. The summed E-state index contributed by atoms with van der Waals surface area (Å²) in [5.41, 5.74) is 4.06. The maximum absolute atomic E-state index is 13.2. The van der Waals surface area contributed by atoms with Crippen LogP contribution in [0.15, 0.2) is 48.5 Å². The van der Waals surface area contributed by atoms with Gasteiger partial charge in [-0.1, -0.05) is 41.7 Å². The quantitative estimate of drug-likeness (QED) is 0.412. The molecule has 1 N–H and O–H groups in total. The molecule has 0 aliphatic heterocycles. The van der Waals surface area contributed by atoms with Crippen LogP contribution in [0, 0.1) is 12.8 Å². The van der Waals surface area contributed by atoms with Crippen molar-refractivity contribution in [2.24, 2.45) is 5.92 Å². The summed E-state index contributed by atoms with van der Waals surface area (Å²) in [7, 11) is 0. The van der Waals surface area contributed by atoms with Gasteiger partial charge in [0.2, 0.25) is 0 Å². The third kappa shape index (κ3) is 4.79. The zero-order valence-electron chi connectivity index (χ0n) is 17.6. The Labute approximate surface area is 198 Å². The van der Waals surface area contributed by atoms with E-state index in [9.17, 15) is 4.79 Å². The molecule has 0 unspecified atom stereocenters. The molecule has 1 aliphatic carbocycles. The fourth-order valence-corrected chi connectivity index (χ4v) is 4.95. The maximum Gasteiger partial charge on any atom is 0.253 e. The molecule has 0 atom stereocenters. The van der Waals surface area contributed by atoms with Crippen LogP contribution in [0.4, 0.5) is 0 Å². The van der Waals surface area contributed by atoms with Gasteiger partial charge >= 0.3 is 0 Å². The molecule has 31 heavy (non-hydrogen) atoms. The minimum atomic E-state index is -0.0453. The fraction of sp³-hybridized carbons (Fsp3) is 0.320.